The van der Waals surface area contributed by atoms with Gasteiger partial charge in [-0.2, -0.15) is 16.8 Å². The molecule has 0 fully saturated rings. The third kappa shape index (κ3) is 4.30. The van der Waals surface area contributed by atoms with Crippen molar-refractivity contribution in [3.05, 3.63) is 37.2 Å². The minimum Gasteiger partial charge on any atom is -0.493 e. The number of ether oxygens (including phenoxy) is 2. The summed E-state index contributed by atoms with van der Waals surface area (Å²) >= 11 is 16.3. The fourth-order valence-electron chi connectivity index (χ4n) is 2.51. The van der Waals surface area contributed by atoms with Crippen LogP contribution in [0.2, 0.25) is 8.67 Å². The molecule has 10 heteroatoms. The lowest BCUT2D eigenvalue weighted by Crippen LogP contribution is -2.18. The second kappa shape index (κ2) is 8.87. The van der Waals surface area contributed by atoms with Crippen LogP contribution in [0.4, 0.5) is 0 Å². The van der Waals surface area contributed by atoms with Gasteiger partial charge in [-0.05, 0) is 12.3 Å². The van der Waals surface area contributed by atoms with E-state index in [4.69, 9.17) is 32.7 Å². The molecule has 0 radical (unpaired) electrons. The van der Waals surface area contributed by atoms with Crippen LogP contribution >= 0.6 is 57.6 Å². The molecule has 0 aliphatic heterocycles. The molecule has 2 aromatic heterocycles. The first-order valence-corrected chi connectivity index (χ1v) is 11.5. The lowest BCUT2D eigenvalue weighted by Gasteiger charge is -2.09. The van der Waals surface area contributed by atoms with Gasteiger partial charge in [0.2, 0.25) is 0 Å². The maximum absolute atomic E-state index is 12.6. The van der Waals surface area contributed by atoms with E-state index >= 15 is 0 Å². The van der Waals surface area contributed by atoms with Crippen molar-refractivity contribution in [1.82, 2.24) is 4.57 Å². The SMILES string of the molecule is COc1cc2sc(=NC(=O)c3cc(Cl)sc3Cl)n(CCSC)c2cc1OC. The number of benzene rings is 1. The summed E-state index contributed by atoms with van der Waals surface area (Å²) in [6.07, 6.45) is 2.04. The molecule has 3 aromatic rings. The second-order valence-electron chi connectivity index (χ2n) is 5.36. The Morgan fingerprint density at radius 1 is 1.19 bits per heavy atom. The van der Waals surface area contributed by atoms with Crippen LogP contribution in [-0.4, -0.2) is 36.7 Å². The van der Waals surface area contributed by atoms with Gasteiger partial charge in [-0.25, -0.2) is 0 Å². The molecular formula is C17H16Cl2N2O3S3. The number of thiazole rings is 1. The summed E-state index contributed by atoms with van der Waals surface area (Å²) in [7, 11) is 3.19. The number of rotatable bonds is 6. The zero-order valence-corrected chi connectivity index (χ0v) is 18.7. The van der Waals surface area contributed by atoms with Crippen LogP contribution in [0.15, 0.2) is 23.2 Å². The normalized spacial score (nSPS) is 12.0. The highest BCUT2D eigenvalue weighted by Crippen LogP contribution is 2.34. The Morgan fingerprint density at radius 2 is 1.89 bits per heavy atom. The van der Waals surface area contributed by atoms with E-state index in [9.17, 15) is 4.79 Å². The number of hydrogen-bond acceptors (Lipinski definition) is 6. The number of aromatic nitrogens is 1. The van der Waals surface area contributed by atoms with E-state index in [2.05, 4.69) is 4.99 Å². The molecule has 0 N–H and O–H groups in total. The molecule has 0 saturated heterocycles. The highest BCUT2D eigenvalue weighted by molar-refractivity contribution is 7.98. The van der Waals surface area contributed by atoms with Gasteiger partial charge in [0, 0.05) is 24.4 Å². The molecule has 0 unspecified atom stereocenters. The molecule has 3 rings (SSSR count). The molecule has 0 atom stereocenters. The Hall–Kier alpha value is -1.19. The first kappa shape index (κ1) is 20.5. The molecule has 0 bridgehead atoms. The summed E-state index contributed by atoms with van der Waals surface area (Å²) in [6.45, 7) is 0.709. The molecule has 27 heavy (non-hydrogen) atoms. The van der Waals surface area contributed by atoms with Crippen molar-refractivity contribution in [3.8, 4) is 11.5 Å². The zero-order chi connectivity index (χ0) is 19.6. The van der Waals surface area contributed by atoms with Crippen LogP contribution in [0.25, 0.3) is 10.2 Å². The molecule has 0 aliphatic carbocycles. The van der Waals surface area contributed by atoms with Crippen molar-refractivity contribution >= 4 is 73.8 Å². The number of thiophene rings is 1. The third-order valence-corrected chi connectivity index (χ3v) is 6.91. The van der Waals surface area contributed by atoms with Crippen molar-refractivity contribution < 1.29 is 14.3 Å². The minimum absolute atomic E-state index is 0.315. The number of hydrogen-bond donors (Lipinski definition) is 0. The highest BCUT2D eigenvalue weighted by atomic mass is 35.5. The smallest absolute Gasteiger partial charge is 0.282 e. The predicted molar refractivity (Wildman–Crippen MR) is 116 cm³/mol. The number of aryl methyl sites for hydroxylation is 1. The summed E-state index contributed by atoms with van der Waals surface area (Å²) < 4.78 is 14.6. The molecule has 0 spiro atoms. The van der Waals surface area contributed by atoms with Crippen LogP contribution in [0.1, 0.15) is 10.4 Å². The number of thioether (sulfide) groups is 1. The number of carbonyl (C=O) groups excluding carboxylic acids is 1. The van der Waals surface area contributed by atoms with Crippen LogP contribution < -0.4 is 14.3 Å². The van der Waals surface area contributed by atoms with Gasteiger partial charge in [-0.15, -0.1) is 11.3 Å². The molecule has 5 nitrogen and oxygen atoms in total. The number of methoxy groups -OCH3 is 2. The number of halogens is 2. The average Bonchev–Trinajstić information content (AvgIpc) is 3.16. The highest BCUT2D eigenvalue weighted by Gasteiger charge is 2.16. The van der Waals surface area contributed by atoms with E-state index in [1.54, 1.807) is 32.0 Å². The van der Waals surface area contributed by atoms with Crippen LogP contribution in [0, 0.1) is 0 Å². The number of carbonyl (C=O) groups is 1. The lowest BCUT2D eigenvalue weighted by atomic mass is 10.3. The van der Waals surface area contributed by atoms with E-state index < -0.39 is 5.91 Å². The maximum Gasteiger partial charge on any atom is 0.282 e. The van der Waals surface area contributed by atoms with Crippen molar-refractivity contribution in [2.75, 3.05) is 26.2 Å². The first-order valence-electron chi connectivity index (χ1n) is 7.76. The third-order valence-electron chi connectivity index (χ3n) is 3.79. The fraction of sp³-hybridized carbons (Fsp3) is 0.294. The first-order chi connectivity index (χ1) is 13.0. The Balaban J connectivity index is 2.18. The largest absolute Gasteiger partial charge is 0.493 e. The van der Waals surface area contributed by atoms with Gasteiger partial charge in [0.05, 0.1) is 34.3 Å². The van der Waals surface area contributed by atoms with Crippen LogP contribution in [0.3, 0.4) is 0 Å². The van der Waals surface area contributed by atoms with E-state index in [0.29, 0.717) is 37.1 Å². The lowest BCUT2D eigenvalue weighted by molar-refractivity contribution is 0.0998. The van der Waals surface area contributed by atoms with Gasteiger partial charge in [0.1, 0.15) is 4.34 Å². The van der Waals surface area contributed by atoms with Gasteiger partial charge in [0.15, 0.2) is 16.3 Å². The topological polar surface area (TPSA) is 52.8 Å². The van der Waals surface area contributed by atoms with Crippen LogP contribution in [0.5, 0.6) is 11.5 Å². The Bertz CT molecular complexity index is 1060. The maximum atomic E-state index is 12.6. The van der Waals surface area contributed by atoms with Gasteiger partial charge >= 0.3 is 0 Å². The quantitative estimate of drug-likeness (QED) is 0.505. The molecule has 144 valence electrons. The summed E-state index contributed by atoms with van der Waals surface area (Å²) in [5, 5.41) is 0. The summed E-state index contributed by atoms with van der Waals surface area (Å²) in [5.74, 6) is 1.73. The standard InChI is InChI=1S/C17H16Cl2N2O3S3/c1-23-11-7-10-13(8-12(11)24-2)26-17(21(10)4-5-25-3)20-16(22)9-6-14(18)27-15(9)19/h6-8H,4-5H2,1-3H3. The molecule has 0 saturated carbocycles. The fourth-order valence-corrected chi connectivity index (χ4v) is 5.39. The number of fused-ring (bicyclic) bond motifs is 1. The van der Waals surface area contributed by atoms with Crippen molar-refractivity contribution in [2.24, 2.45) is 4.99 Å². The molecule has 0 aliphatic rings. The van der Waals surface area contributed by atoms with E-state index in [-0.39, 0.29) is 0 Å². The minimum atomic E-state index is -0.411. The Morgan fingerprint density at radius 3 is 2.48 bits per heavy atom. The second-order valence-corrected chi connectivity index (χ2v) is 9.64. The zero-order valence-electron chi connectivity index (χ0n) is 14.7. The predicted octanol–water partition coefficient (Wildman–Crippen LogP) is 5.19. The van der Waals surface area contributed by atoms with E-state index in [0.717, 1.165) is 27.3 Å². The summed E-state index contributed by atoms with van der Waals surface area (Å²) in [5.41, 5.74) is 1.25. The van der Waals surface area contributed by atoms with E-state index in [1.165, 1.54) is 11.3 Å². The van der Waals surface area contributed by atoms with Gasteiger partial charge in [-0.1, -0.05) is 34.5 Å². The molecule has 2 heterocycles. The van der Waals surface area contributed by atoms with Gasteiger partial charge in [0.25, 0.3) is 5.91 Å². The summed E-state index contributed by atoms with van der Waals surface area (Å²) in [6, 6.07) is 5.35. The van der Waals surface area contributed by atoms with Gasteiger partial charge < -0.3 is 14.0 Å². The average molecular weight is 463 g/mol. The molecule has 1 amide bonds. The monoisotopic (exact) mass is 462 g/mol. The van der Waals surface area contributed by atoms with Crippen molar-refractivity contribution in [3.63, 3.8) is 0 Å². The van der Waals surface area contributed by atoms with E-state index in [1.807, 2.05) is 23.0 Å². The Kier molecular flexibility index (Phi) is 6.75. The molecule has 1 aromatic carbocycles. The van der Waals surface area contributed by atoms with Gasteiger partial charge in [-0.3, -0.25) is 4.79 Å². The van der Waals surface area contributed by atoms with Crippen molar-refractivity contribution in [2.45, 2.75) is 6.54 Å². The Labute approximate surface area is 178 Å². The van der Waals surface area contributed by atoms with Crippen LogP contribution in [-0.2, 0) is 6.54 Å². The summed E-state index contributed by atoms with van der Waals surface area (Å²) in [4.78, 5) is 17.5. The number of amides is 1. The van der Waals surface area contributed by atoms with Crippen molar-refractivity contribution in [1.29, 1.82) is 0 Å². The number of nitrogens with zero attached hydrogens (tertiary/aromatic N) is 2. The molecular weight excluding hydrogens is 447 g/mol.